The Balaban J connectivity index is 1.44. The first-order chi connectivity index (χ1) is 13.1. The molecule has 1 aromatic heterocycles. The van der Waals surface area contributed by atoms with Gasteiger partial charge < -0.3 is 14.2 Å². The average Bonchev–Trinajstić information content (AvgIpc) is 3.27. The molecule has 1 atom stereocenters. The van der Waals surface area contributed by atoms with Crippen molar-refractivity contribution in [1.82, 2.24) is 19.4 Å². The molecule has 2 aliphatic rings. The van der Waals surface area contributed by atoms with E-state index in [1.165, 1.54) is 0 Å². The van der Waals surface area contributed by atoms with Gasteiger partial charge in [-0.15, -0.1) is 0 Å². The molecule has 1 aromatic carbocycles. The van der Waals surface area contributed by atoms with Crippen LogP contribution in [0.2, 0.25) is 0 Å². The maximum atomic E-state index is 13.4. The van der Waals surface area contributed by atoms with E-state index >= 15 is 0 Å². The molecule has 0 N–H and O–H groups in total. The van der Waals surface area contributed by atoms with Crippen molar-refractivity contribution in [2.45, 2.75) is 32.4 Å². The number of hydrogen-bond donors (Lipinski definition) is 0. The molecule has 6 nitrogen and oxygen atoms in total. The standard InChI is InChI=1S/C21H28N4O2/c1-23-12-9-22-19(23)15-24-11-8-21(16-24)7-4-10-25(20(21)26)14-17-5-3-6-18(13-17)27-2/h3,5-6,9,12-13H,4,7-8,10-11,14-16H2,1-2H3. The number of imidazole rings is 1. The number of piperidine rings is 1. The molecular formula is C21H28N4O2. The van der Waals surface area contributed by atoms with E-state index in [0.29, 0.717) is 12.5 Å². The van der Waals surface area contributed by atoms with Crippen LogP contribution in [0.25, 0.3) is 0 Å². The number of carbonyl (C=O) groups excluding carboxylic acids is 1. The van der Waals surface area contributed by atoms with Crippen molar-refractivity contribution in [1.29, 1.82) is 0 Å². The summed E-state index contributed by atoms with van der Waals surface area (Å²) in [6.45, 7) is 4.13. The van der Waals surface area contributed by atoms with Crippen LogP contribution in [-0.4, -0.2) is 52.0 Å². The highest BCUT2D eigenvalue weighted by atomic mass is 16.5. The number of rotatable bonds is 5. The molecule has 6 heteroatoms. The van der Waals surface area contributed by atoms with Crippen molar-refractivity contribution in [3.8, 4) is 5.75 Å². The summed E-state index contributed by atoms with van der Waals surface area (Å²) in [6.07, 6.45) is 6.83. The SMILES string of the molecule is COc1cccc(CN2CCCC3(CCN(Cc4nccn4C)C3)C2=O)c1. The van der Waals surface area contributed by atoms with Crippen LogP contribution in [0.15, 0.2) is 36.7 Å². The Kier molecular flexibility index (Phi) is 4.91. The number of benzene rings is 1. The molecule has 0 aliphatic carbocycles. The van der Waals surface area contributed by atoms with Crippen LogP contribution in [-0.2, 0) is 24.9 Å². The highest BCUT2D eigenvalue weighted by Gasteiger charge is 2.48. The van der Waals surface area contributed by atoms with E-state index < -0.39 is 0 Å². The number of methoxy groups -OCH3 is 1. The lowest BCUT2D eigenvalue weighted by Gasteiger charge is -2.39. The van der Waals surface area contributed by atoms with E-state index in [0.717, 1.165) is 62.6 Å². The number of hydrogen-bond acceptors (Lipinski definition) is 4. The van der Waals surface area contributed by atoms with Gasteiger partial charge in [-0.3, -0.25) is 9.69 Å². The van der Waals surface area contributed by atoms with E-state index in [-0.39, 0.29) is 5.41 Å². The zero-order valence-corrected chi connectivity index (χ0v) is 16.2. The number of aryl methyl sites for hydroxylation is 1. The number of aromatic nitrogens is 2. The van der Waals surface area contributed by atoms with Crippen molar-refractivity contribution in [2.24, 2.45) is 12.5 Å². The number of likely N-dealkylation sites (tertiary alicyclic amines) is 2. The van der Waals surface area contributed by atoms with Crippen molar-refractivity contribution in [2.75, 3.05) is 26.7 Å². The number of nitrogens with zero attached hydrogens (tertiary/aromatic N) is 4. The smallest absolute Gasteiger partial charge is 0.230 e. The van der Waals surface area contributed by atoms with Gasteiger partial charge in [-0.05, 0) is 43.5 Å². The molecule has 1 spiro atoms. The monoisotopic (exact) mass is 368 g/mol. The first kappa shape index (κ1) is 18.0. The van der Waals surface area contributed by atoms with Crippen molar-refractivity contribution >= 4 is 5.91 Å². The van der Waals surface area contributed by atoms with Gasteiger partial charge in [0.15, 0.2) is 0 Å². The number of ether oxygens (including phenoxy) is 1. The highest BCUT2D eigenvalue weighted by molar-refractivity contribution is 5.84. The first-order valence-corrected chi connectivity index (χ1v) is 9.70. The highest BCUT2D eigenvalue weighted by Crippen LogP contribution is 2.41. The number of amides is 1. The van der Waals surface area contributed by atoms with Crippen LogP contribution in [0.1, 0.15) is 30.7 Å². The van der Waals surface area contributed by atoms with E-state index in [1.807, 2.05) is 42.5 Å². The molecule has 2 saturated heterocycles. The lowest BCUT2D eigenvalue weighted by atomic mass is 9.78. The van der Waals surface area contributed by atoms with Gasteiger partial charge in [0.2, 0.25) is 5.91 Å². The largest absolute Gasteiger partial charge is 0.497 e. The van der Waals surface area contributed by atoms with E-state index in [4.69, 9.17) is 4.74 Å². The first-order valence-electron chi connectivity index (χ1n) is 9.70. The van der Waals surface area contributed by atoms with Gasteiger partial charge in [0, 0.05) is 39.1 Å². The summed E-state index contributed by atoms with van der Waals surface area (Å²) in [5, 5.41) is 0. The molecule has 0 bridgehead atoms. The maximum absolute atomic E-state index is 13.4. The van der Waals surface area contributed by atoms with Crippen LogP contribution in [0.3, 0.4) is 0 Å². The lowest BCUT2D eigenvalue weighted by Crippen LogP contribution is -2.49. The summed E-state index contributed by atoms with van der Waals surface area (Å²) in [6, 6.07) is 8.02. The second-order valence-electron chi connectivity index (χ2n) is 7.88. The molecule has 1 unspecified atom stereocenters. The average molecular weight is 368 g/mol. The zero-order valence-electron chi connectivity index (χ0n) is 16.2. The molecule has 1 amide bonds. The normalized spacial score (nSPS) is 23.3. The van der Waals surface area contributed by atoms with Crippen LogP contribution >= 0.6 is 0 Å². The third kappa shape index (κ3) is 3.58. The van der Waals surface area contributed by atoms with E-state index in [1.54, 1.807) is 7.11 Å². The third-order valence-corrected chi connectivity index (χ3v) is 6.05. The second kappa shape index (κ2) is 7.35. The Hall–Kier alpha value is -2.34. The Morgan fingerprint density at radius 1 is 1.22 bits per heavy atom. The fraction of sp³-hybridized carbons (Fsp3) is 0.524. The summed E-state index contributed by atoms with van der Waals surface area (Å²) >= 11 is 0. The molecule has 4 rings (SSSR count). The van der Waals surface area contributed by atoms with E-state index in [2.05, 4.69) is 20.5 Å². The lowest BCUT2D eigenvalue weighted by molar-refractivity contribution is -0.146. The van der Waals surface area contributed by atoms with Crippen LogP contribution in [0, 0.1) is 5.41 Å². The van der Waals surface area contributed by atoms with E-state index in [9.17, 15) is 4.79 Å². The Morgan fingerprint density at radius 2 is 2.11 bits per heavy atom. The molecule has 0 saturated carbocycles. The minimum Gasteiger partial charge on any atom is -0.497 e. The molecule has 0 radical (unpaired) electrons. The Bertz CT molecular complexity index is 818. The van der Waals surface area contributed by atoms with Gasteiger partial charge in [-0.1, -0.05) is 12.1 Å². The van der Waals surface area contributed by atoms with Crippen molar-refractivity contribution in [3.05, 3.63) is 48.0 Å². The fourth-order valence-corrected chi connectivity index (χ4v) is 4.51. The molecule has 2 aliphatic heterocycles. The van der Waals surface area contributed by atoms with Crippen LogP contribution in [0.4, 0.5) is 0 Å². The summed E-state index contributed by atoms with van der Waals surface area (Å²) < 4.78 is 7.38. The topological polar surface area (TPSA) is 50.6 Å². The third-order valence-electron chi connectivity index (χ3n) is 6.05. The van der Waals surface area contributed by atoms with Crippen molar-refractivity contribution < 1.29 is 9.53 Å². The minimum absolute atomic E-state index is 0.220. The summed E-state index contributed by atoms with van der Waals surface area (Å²) in [5.74, 6) is 2.22. The van der Waals surface area contributed by atoms with Gasteiger partial charge >= 0.3 is 0 Å². The summed E-state index contributed by atoms with van der Waals surface area (Å²) in [4.78, 5) is 22.2. The minimum atomic E-state index is -0.220. The summed E-state index contributed by atoms with van der Waals surface area (Å²) in [5.41, 5.74) is 0.907. The zero-order chi connectivity index (χ0) is 18.9. The van der Waals surface area contributed by atoms with Gasteiger partial charge in [0.25, 0.3) is 0 Å². The molecule has 27 heavy (non-hydrogen) atoms. The van der Waals surface area contributed by atoms with Gasteiger partial charge in [-0.25, -0.2) is 4.98 Å². The maximum Gasteiger partial charge on any atom is 0.230 e. The van der Waals surface area contributed by atoms with Crippen LogP contribution in [0.5, 0.6) is 5.75 Å². The molecule has 2 aromatic rings. The second-order valence-corrected chi connectivity index (χ2v) is 7.88. The van der Waals surface area contributed by atoms with Gasteiger partial charge in [0.05, 0.1) is 19.1 Å². The van der Waals surface area contributed by atoms with Crippen LogP contribution < -0.4 is 4.74 Å². The van der Waals surface area contributed by atoms with Gasteiger partial charge in [0.1, 0.15) is 11.6 Å². The van der Waals surface area contributed by atoms with Crippen molar-refractivity contribution in [3.63, 3.8) is 0 Å². The molecule has 3 heterocycles. The Labute approximate surface area is 160 Å². The molecule has 2 fully saturated rings. The predicted octanol–water partition coefficient (Wildman–Crippen LogP) is 2.44. The molecular weight excluding hydrogens is 340 g/mol. The fourth-order valence-electron chi connectivity index (χ4n) is 4.51. The predicted molar refractivity (Wildman–Crippen MR) is 103 cm³/mol. The number of carbonyl (C=O) groups is 1. The molecule has 144 valence electrons. The van der Waals surface area contributed by atoms with Gasteiger partial charge in [-0.2, -0.15) is 0 Å². The Morgan fingerprint density at radius 3 is 2.89 bits per heavy atom. The quantitative estimate of drug-likeness (QED) is 0.813. The summed E-state index contributed by atoms with van der Waals surface area (Å²) in [7, 11) is 3.70.